The Balaban J connectivity index is 0.000000240. The number of likely N-dealkylation sites (tertiary alicyclic amines) is 2. The van der Waals surface area contributed by atoms with Crippen molar-refractivity contribution in [2.75, 3.05) is 224 Å². The molecule has 10 unspecified atom stereocenters. The van der Waals surface area contributed by atoms with E-state index in [1.807, 2.05) is 0 Å². The lowest BCUT2D eigenvalue weighted by Gasteiger charge is -2.48. The summed E-state index contributed by atoms with van der Waals surface area (Å²) < 4.78 is 76.6. The van der Waals surface area contributed by atoms with Gasteiger partial charge >= 0.3 is 0 Å². The van der Waals surface area contributed by atoms with Gasteiger partial charge in [0.15, 0.2) is 0 Å². The Hall–Kier alpha value is -1.12. The SMILES string of the molecule is CC(C)N1C2CCC1COC2.CC(C)N1CC2CC(C1)O2.CC(C)N1CC2CC1CO2.CC(C)N1CC2CCC(C1)O2.CC(C)N1CC2CCC1CO2.CC(C)N1CCOCC1.CC(C)N1CCOC[C@@H]1C.CC(C)N1CCOC[C@H]1C.CC(C)N1CCO[C@@H](C)C1.CC(C)N1CCO[C@H](C)C1.CC(C)N1C[C@@H](C)O[C@@H](C)C1.CC(C)N1C[C@@H](C)O[C@H](C)C1.CC(C)N1[C@@H](C)COC[C@@H]1C.CC(C)N1[C@H](C)COC[C@@H]1C. The predicted molar refractivity (Wildman–Crippen MR) is 607 cm³/mol. The van der Waals surface area contributed by atoms with E-state index in [1.54, 1.807) is 0 Å². The van der Waals surface area contributed by atoms with Crippen LogP contribution in [-0.4, -0.2) is 510 Å². The second-order valence-electron chi connectivity index (χ2n) is 50.2. The van der Waals surface area contributed by atoms with Crippen LogP contribution in [0.1, 0.15) is 328 Å². The maximum absolute atomic E-state index is 5.74. The van der Waals surface area contributed by atoms with E-state index in [0.717, 1.165) is 235 Å². The Morgan fingerprint density at radius 2 is 0.452 bits per heavy atom. The number of rotatable bonds is 14. The minimum Gasteiger partial charge on any atom is -0.379 e. The van der Waals surface area contributed by atoms with Crippen LogP contribution in [0.3, 0.4) is 0 Å². The van der Waals surface area contributed by atoms with Crippen LogP contribution in [-0.2, 0) is 66.3 Å². The molecule has 21 aliphatic heterocycles. The maximum Gasteiger partial charge on any atom is 0.0731 e. The fourth-order valence-corrected chi connectivity index (χ4v) is 24.7. The zero-order valence-corrected chi connectivity index (χ0v) is 102. The van der Waals surface area contributed by atoms with Gasteiger partial charge in [-0.15, -0.1) is 0 Å². The Kier molecular flexibility index (Phi) is 64.0. The molecule has 21 heterocycles. The van der Waals surface area contributed by atoms with E-state index in [0.29, 0.717) is 194 Å². The quantitative estimate of drug-likeness (QED) is 0.160. The molecule has 22 atom stereocenters. The Morgan fingerprint density at radius 3 is 0.699 bits per heavy atom. The van der Waals surface area contributed by atoms with Gasteiger partial charge in [-0.1, -0.05) is 0 Å². The van der Waals surface area contributed by atoms with Crippen molar-refractivity contribution in [3.63, 3.8) is 0 Å². The van der Waals surface area contributed by atoms with Crippen molar-refractivity contribution in [3.05, 3.63) is 0 Å². The lowest BCUT2D eigenvalue weighted by Crippen LogP contribution is -2.58. The van der Waals surface area contributed by atoms with Gasteiger partial charge in [0.05, 0.1) is 179 Å². The van der Waals surface area contributed by atoms with Crippen molar-refractivity contribution in [2.45, 2.75) is 547 Å². The number of hydrogen-bond donors (Lipinski definition) is 0. The summed E-state index contributed by atoms with van der Waals surface area (Å²) in [6, 6.07) is 15.9. The molecule has 0 aromatic rings. The molecule has 21 aliphatic rings. The standard InChI is InChI=1S/3C9H17NO.4C9H19NO.2C8H15NO.4C8H17NO.C7H15NO/c1-7(2)10-5-9-4-3-8(10)6-11-9;1-7(2)10-8-3-4-9(10)6-11-5-8;1-7(2)10-5-8-3-4-9(6-10)11-8;2*1-7(2)10-8(3)5-11-6-9(10)4;2*1-7(2)10-5-8(3)11-9(4)6-10;1-6(2)9-4-8-3-7(9)5-10-8;1-6(2)9-4-7-3-8(5-9)10-7;2*1-7(2)9-4-5-10-6-8(9)3;2*1-7(2)9-4-5-10-8(3)6-9;1-7(2)8-3-5-9-6-4-8/h3*7-9H,3-6H2,1-2H3;4*7-9H,5-6H2,1-4H3;2*6-8H,3-5H2,1-2H3;4*7-8H,4-6H2,1-3H3;7H,3-6H2,1-2H3/t;;;8-,9+;8-,9-;8-,9+;8-,9-;;;4*8-;/m....0.1..1010./s1. The third-order valence-corrected chi connectivity index (χ3v) is 32.7. The van der Waals surface area contributed by atoms with Gasteiger partial charge in [0, 0.05) is 269 Å². The van der Waals surface area contributed by atoms with Gasteiger partial charge in [-0.05, 0) is 322 Å². The van der Waals surface area contributed by atoms with E-state index in [1.165, 1.54) is 64.5 Å². The average Bonchev–Trinajstić information content (AvgIpc) is 1.34. The van der Waals surface area contributed by atoms with Gasteiger partial charge in [-0.2, -0.15) is 0 Å². The second kappa shape index (κ2) is 70.0. The normalized spacial score (nSPS) is 34.1. The van der Waals surface area contributed by atoms with Gasteiger partial charge in [0.1, 0.15) is 0 Å². The highest BCUT2D eigenvalue weighted by molar-refractivity contribution is 4.96. The number of ether oxygens (including phenoxy) is 14. The van der Waals surface area contributed by atoms with Crippen molar-refractivity contribution >= 4 is 0 Å². The molecule has 0 aromatic carbocycles. The summed E-state index contributed by atoms with van der Waals surface area (Å²) in [5.74, 6) is 0. The summed E-state index contributed by atoms with van der Waals surface area (Å²) in [4.78, 5) is 35.1. The van der Waals surface area contributed by atoms with Crippen LogP contribution in [0.15, 0.2) is 0 Å². The minimum atomic E-state index is 0.404. The van der Waals surface area contributed by atoms with Gasteiger partial charge in [-0.25, -0.2) is 0 Å². The van der Waals surface area contributed by atoms with Crippen LogP contribution in [0.4, 0.5) is 0 Å². The van der Waals surface area contributed by atoms with Crippen molar-refractivity contribution in [2.24, 2.45) is 0 Å². The maximum atomic E-state index is 5.74. The third-order valence-electron chi connectivity index (χ3n) is 32.7. The lowest BCUT2D eigenvalue weighted by atomic mass is 9.96. The summed E-state index contributed by atoms with van der Waals surface area (Å²) >= 11 is 0. The van der Waals surface area contributed by atoms with Gasteiger partial charge in [0.25, 0.3) is 0 Å². The first-order chi connectivity index (χ1) is 68.9. The molecule has 28 heteroatoms. The van der Waals surface area contributed by atoms with E-state index >= 15 is 0 Å². The molecule has 21 fully saturated rings. The fourth-order valence-electron chi connectivity index (χ4n) is 24.7. The number of hydrogen-bond acceptors (Lipinski definition) is 28. The molecule has 10 bridgehead atoms. The van der Waals surface area contributed by atoms with Crippen molar-refractivity contribution < 1.29 is 66.3 Å². The van der Waals surface area contributed by atoms with Crippen molar-refractivity contribution in [1.29, 1.82) is 0 Å². The lowest BCUT2D eigenvalue weighted by molar-refractivity contribution is -0.185. The number of fused-ring (bicyclic) bond motifs is 11. The summed E-state index contributed by atoms with van der Waals surface area (Å²) in [6.07, 6.45) is 16.3. The first kappa shape index (κ1) is 134. The Labute approximate surface area is 900 Å². The molecule has 0 amide bonds. The third kappa shape index (κ3) is 48.4. The van der Waals surface area contributed by atoms with E-state index in [4.69, 9.17) is 66.3 Å². The Bertz CT molecular complexity index is 3010. The summed E-state index contributed by atoms with van der Waals surface area (Å²) in [5.41, 5.74) is 0. The molecule has 21 saturated heterocycles. The van der Waals surface area contributed by atoms with E-state index in [9.17, 15) is 0 Å². The number of nitrogens with zero attached hydrogens (tertiary/aromatic N) is 14. The van der Waals surface area contributed by atoms with Crippen molar-refractivity contribution in [1.82, 2.24) is 68.6 Å². The molecule has 0 spiro atoms. The first-order valence-electron chi connectivity index (χ1n) is 60.0. The molecule has 21 rings (SSSR count). The van der Waals surface area contributed by atoms with E-state index < -0.39 is 0 Å². The van der Waals surface area contributed by atoms with Crippen LogP contribution < -0.4 is 0 Å². The van der Waals surface area contributed by atoms with E-state index in [2.05, 4.69) is 346 Å². The molecular weight excluding hydrogens is 1840 g/mol. The van der Waals surface area contributed by atoms with Crippen LogP contribution in [0.25, 0.3) is 0 Å². The van der Waals surface area contributed by atoms with Crippen LogP contribution in [0.5, 0.6) is 0 Å². The van der Waals surface area contributed by atoms with E-state index in [-0.39, 0.29) is 0 Å². The molecule has 0 N–H and O–H groups in total. The van der Waals surface area contributed by atoms with Gasteiger partial charge < -0.3 is 66.3 Å². The largest absolute Gasteiger partial charge is 0.379 e. The average molecular weight is 2080 g/mol. The number of piperidine rings is 2. The zero-order chi connectivity index (χ0) is 108. The molecule has 28 nitrogen and oxygen atoms in total. The van der Waals surface area contributed by atoms with Crippen LogP contribution in [0.2, 0.25) is 0 Å². The first-order valence-corrected chi connectivity index (χ1v) is 60.0. The monoisotopic (exact) mass is 2080 g/mol. The molecule has 866 valence electrons. The number of morpholine rings is 14. The molecule has 0 aromatic heterocycles. The van der Waals surface area contributed by atoms with Crippen LogP contribution >= 0.6 is 0 Å². The molecular formula is C118H240N14O14. The summed E-state index contributed by atoms with van der Waals surface area (Å²) in [6.45, 7) is 124. The van der Waals surface area contributed by atoms with Crippen molar-refractivity contribution in [3.8, 4) is 0 Å². The highest BCUT2D eigenvalue weighted by Gasteiger charge is 2.44. The Morgan fingerprint density at radius 1 is 0.171 bits per heavy atom. The second-order valence-corrected chi connectivity index (χ2v) is 50.2. The van der Waals surface area contributed by atoms with Gasteiger partial charge in [0.2, 0.25) is 0 Å². The van der Waals surface area contributed by atoms with Crippen LogP contribution in [0, 0.1) is 0 Å². The summed E-state index contributed by atoms with van der Waals surface area (Å²) in [7, 11) is 0. The fraction of sp³-hybridized carbons (Fsp3) is 1.00. The summed E-state index contributed by atoms with van der Waals surface area (Å²) in [5, 5.41) is 0. The van der Waals surface area contributed by atoms with Gasteiger partial charge in [-0.3, -0.25) is 68.6 Å². The smallest absolute Gasteiger partial charge is 0.0731 e. The molecule has 0 saturated carbocycles. The highest BCUT2D eigenvalue weighted by atomic mass is 16.5. The highest BCUT2D eigenvalue weighted by Crippen LogP contribution is 2.34. The predicted octanol–water partition coefficient (Wildman–Crippen LogP) is 16.7. The minimum absolute atomic E-state index is 0.404. The zero-order valence-electron chi connectivity index (χ0n) is 102. The molecule has 0 aliphatic carbocycles. The topological polar surface area (TPSA) is 175 Å². The molecule has 146 heavy (non-hydrogen) atoms. The molecule has 0 radical (unpaired) electrons.